The summed E-state index contributed by atoms with van der Waals surface area (Å²) in [6, 6.07) is 0. The van der Waals surface area contributed by atoms with E-state index < -0.39 is 0 Å². The molecular formula is C6H7N5O. The van der Waals surface area contributed by atoms with Gasteiger partial charge in [-0.3, -0.25) is 9.48 Å². The van der Waals surface area contributed by atoms with Gasteiger partial charge in [0.05, 0.1) is 5.69 Å². The van der Waals surface area contributed by atoms with Gasteiger partial charge in [0.25, 0.3) is 5.56 Å². The molecule has 0 atom stereocenters. The van der Waals surface area contributed by atoms with Crippen molar-refractivity contribution in [1.29, 1.82) is 0 Å². The third-order valence-electron chi connectivity index (χ3n) is 1.82. The lowest BCUT2D eigenvalue weighted by Crippen LogP contribution is -2.09. The molecule has 2 heterocycles. The first kappa shape index (κ1) is 6.96. The van der Waals surface area contributed by atoms with Crippen LogP contribution in [-0.4, -0.2) is 25.2 Å². The highest BCUT2D eigenvalue weighted by molar-refractivity contribution is 5.74. The first-order valence-electron chi connectivity index (χ1n) is 3.45. The number of fused-ring (bicyclic) bond motifs is 1. The van der Waals surface area contributed by atoms with Gasteiger partial charge >= 0.3 is 0 Å². The summed E-state index contributed by atoms with van der Waals surface area (Å²) >= 11 is 0. The van der Waals surface area contributed by atoms with E-state index in [2.05, 4.69) is 20.5 Å². The van der Waals surface area contributed by atoms with E-state index in [0.29, 0.717) is 11.0 Å². The molecule has 2 aromatic rings. The minimum Gasteiger partial charge on any atom is -0.270 e. The highest BCUT2D eigenvalue weighted by atomic mass is 16.1. The van der Waals surface area contributed by atoms with Crippen LogP contribution in [-0.2, 0) is 7.05 Å². The fraction of sp³-hybridized carbons (Fsp3) is 0.333. The predicted octanol–water partition coefficient (Wildman–Crippen LogP) is -0.640. The van der Waals surface area contributed by atoms with Crippen LogP contribution in [0.2, 0.25) is 0 Å². The van der Waals surface area contributed by atoms with Crippen LogP contribution in [0.3, 0.4) is 0 Å². The highest BCUT2D eigenvalue weighted by Gasteiger charge is 2.08. The number of H-pyrrole nitrogens is 1. The standard InChI is InChI=1S/C6H7N5O/c1-3-4-5(9-11(3)2)6(12)8-10-7-4/h1-2H3,(H,7,8,12). The lowest BCUT2D eigenvalue weighted by molar-refractivity contribution is 0.749. The zero-order valence-corrected chi connectivity index (χ0v) is 6.70. The van der Waals surface area contributed by atoms with Crippen molar-refractivity contribution in [3.8, 4) is 0 Å². The molecule has 6 heteroatoms. The van der Waals surface area contributed by atoms with Crippen molar-refractivity contribution in [3.05, 3.63) is 16.0 Å². The van der Waals surface area contributed by atoms with Crippen LogP contribution in [0.5, 0.6) is 0 Å². The van der Waals surface area contributed by atoms with Crippen LogP contribution in [0.4, 0.5) is 0 Å². The Morgan fingerprint density at radius 1 is 1.42 bits per heavy atom. The van der Waals surface area contributed by atoms with Crippen molar-refractivity contribution < 1.29 is 0 Å². The number of nitrogens with zero attached hydrogens (tertiary/aromatic N) is 4. The van der Waals surface area contributed by atoms with Gasteiger partial charge in [0, 0.05) is 7.05 Å². The van der Waals surface area contributed by atoms with Crippen LogP contribution < -0.4 is 5.56 Å². The molecule has 6 nitrogen and oxygen atoms in total. The number of aromatic amines is 1. The van der Waals surface area contributed by atoms with Gasteiger partial charge in [0.1, 0.15) is 5.52 Å². The topological polar surface area (TPSA) is 76.5 Å². The SMILES string of the molecule is Cc1c2nn[nH]c(=O)c2nn1C. The van der Waals surface area contributed by atoms with E-state index in [1.54, 1.807) is 11.7 Å². The Bertz CT molecular complexity index is 482. The van der Waals surface area contributed by atoms with Crippen LogP contribution in [0, 0.1) is 6.92 Å². The van der Waals surface area contributed by atoms with E-state index in [9.17, 15) is 4.79 Å². The first-order chi connectivity index (χ1) is 5.70. The van der Waals surface area contributed by atoms with Crippen LogP contribution in [0.15, 0.2) is 4.79 Å². The third kappa shape index (κ3) is 0.744. The second-order valence-corrected chi connectivity index (χ2v) is 2.55. The molecule has 0 fully saturated rings. The largest absolute Gasteiger partial charge is 0.295 e. The van der Waals surface area contributed by atoms with Crippen LogP contribution in [0.25, 0.3) is 11.0 Å². The Morgan fingerprint density at radius 2 is 2.17 bits per heavy atom. The van der Waals surface area contributed by atoms with Crippen molar-refractivity contribution in [2.75, 3.05) is 0 Å². The zero-order chi connectivity index (χ0) is 8.72. The van der Waals surface area contributed by atoms with Crippen molar-refractivity contribution in [2.45, 2.75) is 6.92 Å². The molecule has 0 aromatic carbocycles. The summed E-state index contributed by atoms with van der Waals surface area (Å²) in [6.45, 7) is 1.84. The van der Waals surface area contributed by atoms with Gasteiger partial charge in [0.15, 0.2) is 5.52 Å². The zero-order valence-electron chi connectivity index (χ0n) is 6.70. The molecule has 0 saturated heterocycles. The molecule has 1 N–H and O–H groups in total. The molecule has 0 aliphatic rings. The molecule has 62 valence electrons. The van der Waals surface area contributed by atoms with Crippen molar-refractivity contribution in [1.82, 2.24) is 25.2 Å². The summed E-state index contributed by atoms with van der Waals surface area (Å²) in [5.74, 6) is 0. The smallest absolute Gasteiger partial charge is 0.270 e. The van der Waals surface area contributed by atoms with Gasteiger partial charge < -0.3 is 0 Å². The second-order valence-electron chi connectivity index (χ2n) is 2.55. The molecule has 2 aromatic heterocycles. The Morgan fingerprint density at radius 3 is 2.83 bits per heavy atom. The van der Waals surface area contributed by atoms with Crippen molar-refractivity contribution >= 4 is 11.0 Å². The summed E-state index contributed by atoms with van der Waals surface area (Å²) in [5, 5.41) is 13.4. The number of rotatable bonds is 0. The summed E-state index contributed by atoms with van der Waals surface area (Å²) < 4.78 is 1.61. The minimum atomic E-state index is -0.302. The molecule has 0 unspecified atom stereocenters. The van der Waals surface area contributed by atoms with Crippen molar-refractivity contribution in [2.24, 2.45) is 7.05 Å². The van der Waals surface area contributed by atoms with E-state index in [0.717, 1.165) is 5.69 Å². The van der Waals surface area contributed by atoms with Gasteiger partial charge in [-0.1, -0.05) is 5.21 Å². The van der Waals surface area contributed by atoms with Gasteiger partial charge in [-0.15, -0.1) is 5.10 Å². The van der Waals surface area contributed by atoms with Crippen LogP contribution >= 0.6 is 0 Å². The number of aryl methyl sites for hydroxylation is 2. The molecule has 0 amide bonds. The normalized spacial score (nSPS) is 10.8. The quantitative estimate of drug-likeness (QED) is 0.563. The number of nitrogens with one attached hydrogen (secondary N) is 1. The Labute approximate surface area is 67.2 Å². The average molecular weight is 165 g/mol. The summed E-state index contributed by atoms with van der Waals surface area (Å²) in [4.78, 5) is 11.1. The molecule has 0 saturated carbocycles. The van der Waals surface area contributed by atoms with Crippen molar-refractivity contribution in [3.63, 3.8) is 0 Å². The van der Waals surface area contributed by atoms with E-state index in [1.165, 1.54) is 0 Å². The number of aromatic nitrogens is 5. The Hall–Kier alpha value is -1.72. The van der Waals surface area contributed by atoms with E-state index >= 15 is 0 Å². The van der Waals surface area contributed by atoms with Gasteiger partial charge in [-0.2, -0.15) is 5.10 Å². The summed E-state index contributed by atoms with van der Waals surface area (Å²) in [7, 11) is 1.76. The van der Waals surface area contributed by atoms with Gasteiger partial charge in [0.2, 0.25) is 0 Å². The minimum absolute atomic E-state index is 0.302. The monoisotopic (exact) mass is 165 g/mol. The maximum absolute atomic E-state index is 11.1. The third-order valence-corrected chi connectivity index (χ3v) is 1.82. The Balaban J connectivity index is 3.05. The lowest BCUT2D eigenvalue weighted by Gasteiger charge is -1.88. The van der Waals surface area contributed by atoms with Gasteiger partial charge in [-0.05, 0) is 6.92 Å². The van der Waals surface area contributed by atoms with Gasteiger partial charge in [-0.25, -0.2) is 5.10 Å². The predicted molar refractivity (Wildman–Crippen MR) is 41.7 cm³/mol. The molecule has 0 radical (unpaired) electrons. The van der Waals surface area contributed by atoms with E-state index in [1.807, 2.05) is 6.92 Å². The summed E-state index contributed by atoms with van der Waals surface area (Å²) in [5.41, 5.74) is 1.43. The maximum atomic E-state index is 11.1. The molecule has 12 heavy (non-hydrogen) atoms. The average Bonchev–Trinajstić information content (AvgIpc) is 2.32. The second kappa shape index (κ2) is 2.13. The number of hydrogen-bond acceptors (Lipinski definition) is 4. The molecule has 2 rings (SSSR count). The molecule has 0 aliphatic carbocycles. The maximum Gasteiger partial charge on any atom is 0.295 e. The van der Waals surface area contributed by atoms with E-state index in [4.69, 9.17) is 0 Å². The van der Waals surface area contributed by atoms with E-state index in [-0.39, 0.29) is 5.56 Å². The number of hydrogen-bond donors (Lipinski definition) is 1. The fourth-order valence-corrected chi connectivity index (χ4v) is 1.04. The fourth-order valence-electron chi connectivity index (χ4n) is 1.04. The molecular weight excluding hydrogens is 158 g/mol. The van der Waals surface area contributed by atoms with Crippen LogP contribution in [0.1, 0.15) is 5.69 Å². The molecule has 0 bridgehead atoms. The summed E-state index contributed by atoms with van der Waals surface area (Å²) in [6.07, 6.45) is 0. The molecule has 0 spiro atoms. The Kier molecular flexibility index (Phi) is 1.24. The highest BCUT2D eigenvalue weighted by Crippen LogP contribution is 2.07. The lowest BCUT2D eigenvalue weighted by atomic mass is 10.4. The molecule has 0 aliphatic heterocycles. The first-order valence-corrected chi connectivity index (χ1v) is 3.45.